The number of hydrogen-bond acceptors (Lipinski definition) is 2. The Morgan fingerprint density at radius 3 is 2.75 bits per heavy atom. The second kappa shape index (κ2) is 5.55. The van der Waals surface area contributed by atoms with Crippen LogP contribution in [0, 0.1) is 11.6 Å². The van der Waals surface area contributed by atoms with Gasteiger partial charge in [-0.15, -0.1) is 0 Å². The van der Waals surface area contributed by atoms with E-state index in [-0.39, 0.29) is 18.6 Å². The van der Waals surface area contributed by atoms with Crippen molar-refractivity contribution in [3.63, 3.8) is 0 Å². The molecule has 0 spiro atoms. The smallest absolute Gasteiger partial charge is 0.312 e. The Labute approximate surface area is 92.2 Å². The third kappa shape index (κ3) is 3.27. The van der Waals surface area contributed by atoms with E-state index in [0.29, 0.717) is 0 Å². The summed E-state index contributed by atoms with van der Waals surface area (Å²) in [6, 6.07) is 2.64. The molecule has 0 saturated carbocycles. The van der Waals surface area contributed by atoms with Gasteiger partial charge in [0.15, 0.2) is 0 Å². The highest BCUT2D eigenvalue weighted by atomic mass is 19.1. The fourth-order valence-electron chi connectivity index (χ4n) is 1.36. The molecule has 5 heteroatoms. The van der Waals surface area contributed by atoms with Gasteiger partial charge in [0, 0.05) is 11.6 Å². The molecule has 3 nitrogen and oxygen atoms in total. The Morgan fingerprint density at radius 1 is 1.50 bits per heavy atom. The molecule has 0 aliphatic carbocycles. The van der Waals surface area contributed by atoms with E-state index in [2.05, 4.69) is 5.73 Å². The third-order valence-electron chi connectivity index (χ3n) is 2.12. The molecule has 0 aliphatic heterocycles. The Morgan fingerprint density at radius 2 is 2.19 bits per heavy atom. The van der Waals surface area contributed by atoms with Crippen LogP contribution in [0.4, 0.5) is 8.78 Å². The molecule has 1 aromatic rings. The van der Waals surface area contributed by atoms with Crippen molar-refractivity contribution >= 4 is 5.97 Å². The number of rotatable bonds is 4. The standard InChI is InChI=1S/C11H13F2NO2/c1-2-16-11(15)6-10(14)8-4-3-7(12)5-9(8)13/h3-5,10H,2,6,14H2,1H3/p+1/t10-/m1/s1. The van der Waals surface area contributed by atoms with E-state index in [0.717, 1.165) is 12.1 Å². The zero-order valence-corrected chi connectivity index (χ0v) is 9.00. The summed E-state index contributed by atoms with van der Waals surface area (Å²) in [7, 11) is 0. The average molecular weight is 230 g/mol. The maximum Gasteiger partial charge on any atom is 0.312 e. The first kappa shape index (κ1) is 12.6. The van der Waals surface area contributed by atoms with E-state index in [1.54, 1.807) is 6.92 Å². The molecule has 1 atom stereocenters. The Kier molecular flexibility index (Phi) is 4.37. The molecule has 0 aromatic heterocycles. The molecular weight excluding hydrogens is 216 g/mol. The highest BCUT2D eigenvalue weighted by Gasteiger charge is 2.19. The van der Waals surface area contributed by atoms with Crippen LogP contribution < -0.4 is 5.73 Å². The largest absolute Gasteiger partial charge is 0.466 e. The Bertz CT molecular complexity index is 382. The summed E-state index contributed by atoms with van der Waals surface area (Å²) in [5.41, 5.74) is 3.87. The highest BCUT2D eigenvalue weighted by molar-refractivity contribution is 5.70. The van der Waals surface area contributed by atoms with Gasteiger partial charge in [0.05, 0.1) is 6.61 Å². The summed E-state index contributed by atoms with van der Waals surface area (Å²) >= 11 is 0. The Balaban J connectivity index is 2.72. The molecule has 0 saturated heterocycles. The molecule has 0 amide bonds. The van der Waals surface area contributed by atoms with Crippen molar-refractivity contribution in [2.45, 2.75) is 19.4 Å². The quantitative estimate of drug-likeness (QED) is 0.790. The van der Waals surface area contributed by atoms with Crippen LogP contribution in [0.1, 0.15) is 24.9 Å². The molecule has 0 radical (unpaired) electrons. The molecule has 0 heterocycles. The second-order valence-electron chi connectivity index (χ2n) is 3.37. The molecule has 0 fully saturated rings. The molecule has 0 bridgehead atoms. The van der Waals surface area contributed by atoms with Crippen LogP contribution in [-0.4, -0.2) is 12.6 Å². The van der Waals surface area contributed by atoms with Crippen molar-refractivity contribution in [1.29, 1.82) is 0 Å². The predicted molar refractivity (Wildman–Crippen MR) is 53.2 cm³/mol. The first-order valence-electron chi connectivity index (χ1n) is 4.98. The monoisotopic (exact) mass is 230 g/mol. The van der Waals surface area contributed by atoms with Gasteiger partial charge in [0.2, 0.25) is 0 Å². The topological polar surface area (TPSA) is 53.9 Å². The van der Waals surface area contributed by atoms with Gasteiger partial charge < -0.3 is 10.5 Å². The molecule has 1 rings (SSSR count). The third-order valence-corrected chi connectivity index (χ3v) is 2.12. The summed E-state index contributed by atoms with van der Waals surface area (Å²) in [6.45, 7) is 1.96. The average Bonchev–Trinajstić information content (AvgIpc) is 2.17. The number of ether oxygens (including phenoxy) is 1. The van der Waals surface area contributed by atoms with Crippen molar-refractivity contribution in [3.05, 3.63) is 35.4 Å². The molecule has 0 unspecified atom stereocenters. The predicted octanol–water partition coefficient (Wildman–Crippen LogP) is 1.20. The lowest BCUT2D eigenvalue weighted by Crippen LogP contribution is -2.54. The molecule has 88 valence electrons. The number of carbonyl (C=O) groups is 1. The van der Waals surface area contributed by atoms with Crippen LogP contribution in [0.15, 0.2) is 18.2 Å². The van der Waals surface area contributed by atoms with Crippen LogP contribution in [0.3, 0.4) is 0 Å². The first-order valence-corrected chi connectivity index (χ1v) is 4.98. The lowest BCUT2D eigenvalue weighted by molar-refractivity contribution is -0.426. The van der Waals surface area contributed by atoms with Gasteiger partial charge in [-0.25, -0.2) is 8.78 Å². The minimum absolute atomic E-state index is 0.0175. The highest BCUT2D eigenvalue weighted by Crippen LogP contribution is 2.17. The summed E-state index contributed by atoms with van der Waals surface area (Å²) in [5, 5.41) is 0. The number of esters is 1. The van der Waals surface area contributed by atoms with E-state index >= 15 is 0 Å². The molecule has 0 aliphatic rings. The minimum atomic E-state index is -0.690. The van der Waals surface area contributed by atoms with Crippen LogP contribution in [0.5, 0.6) is 0 Å². The van der Waals surface area contributed by atoms with Crippen LogP contribution in [0.2, 0.25) is 0 Å². The van der Waals surface area contributed by atoms with Crippen molar-refractivity contribution < 1.29 is 24.0 Å². The summed E-state index contributed by atoms with van der Waals surface area (Å²) in [4.78, 5) is 11.1. The number of halogens is 2. The van der Waals surface area contributed by atoms with E-state index in [1.165, 1.54) is 6.07 Å². The molecule has 1 aromatic carbocycles. The van der Waals surface area contributed by atoms with Crippen molar-refractivity contribution in [1.82, 2.24) is 0 Å². The maximum absolute atomic E-state index is 13.3. The maximum atomic E-state index is 13.3. The fourth-order valence-corrected chi connectivity index (χ4v) is 1.36. The van der Waals surface area contributed by atoms with E-state index in [1.807, 2.05) is 0 Å². The number of benzene rings is 1. The van der Waals surface area contributed by atoms with Gasteiger partial charge in [-0.05, 0) is 19.1 Å². The molecular formula is C11H14F2NO2+. The van der Waals surface area contributed by atoms with Gasteiger partial charge >= 0.3 is 5.97 Å². The van der Waals surface area contributed by atoms with Gasteiger partial charge in [0.1, 0.15) is 24.1 Å². The van der Waals surface area contributed by atoms with E-state index in [9.17, 15) is 13.6 Å². The van der Waals surface area contributed by atoms with Gasteiger partial charge in [0.25, 0.3) is 0 Å². The SMILES string of the molecule is CCOC(=O)C[C@@H]([NH3+])c1ccc(F)cc1F. The van der Waals surface area contributed by atoms with Crippen LogP contribution in [0.25, 0.3) is 0 Å². The lowest BCUT2D eigenvalue weighted by Gasteiger charge is -2.09. The lowest BCUT2D eigenvalue weighted by atomic mass is 10.0. The van der Waals surface area contributed by atoms with Crippen LogP contribution in [-0.2, 0) is 9.53 Å². The van der Waals surface area contributed by atoms with Crippen molar-refractivity contribution in [3.8, 4) is 0 Å². The molecule has 3 N–H and O–H groups in total. The fraction of sp³-hybridized carbons (Fsp3) is 0.364. The van der Waals surface area contributed by atoms with E-state index < -0.39 is 23.6 Å². The second-order valence-corrected chi connectivity index (χ2v) is 3.37. The van der Waals surface area contributed by atoms with Gasteiger partial charge in [-0.1, -0.05) is 0 Å². The zero-order valence-electron chi connectivity index (χ0n) is 9.00. The summed E-state index contributed by atoms with van der Waals surface area (Å²) in [5.74, 6) is -1.78. The number of hydrogen-bond donors (Lipinski definition) is 1. The van der Waals surface area contributed by atoms with Crippen molar-refractivity contribution in [2.24, 2.45) is 0 Å². The molecule has 16 heavy (non-hydrogen) atoms. The van der Waals surface area contributed by atoms with Crippen LogP contribution >= 0.6 is 0 Å². The summed E-state index contributed by atoms with van der Waals surface area (Å²) < 4.78 is 30.7. The number of carbonyl (C=O) groups excluding carboxylic acids is 1. The Hall–Kier alpha value is -1.49. The first-order chi connectivity index (χ1) is 7.54. The van der Waals surface area contributed by atoms with Gasteiger partial charge in [-0.3, -0.25) is 4.79 Å². The number of quaternary nitrogens is 1. The van der Waals surface area contributed by atoms with Crippen molar-refractivity contribution in [2.75, 3.05) is 6.61 Å². The normalized spacial score (nSPS) is 12.2. The van der Waals surface area contributed by atoms with Gasteiger partial charge in [-0.2, -0.15) is 0 Å². The minimum Gasteiger partial charge on any atom is -0.466 e. The summed E-state index contributed by atoms with van der Waals surface area (Å²) in [6.07, 6.45) is -0.0175. The zero-order chi connectivity index (χ0) is 12.1. The van der Waals surface area contributed by atoms with E-state index in [4.69, 9.17) is 4.74 Å².